The van der Waals surface area contributed by atoms with E-state index in [4.69, 9.17) is 13.8 Å². The van der Waals surface area contributed by atoms with E-state index in [0.717, 1.165) is 77.0 Å². The number of quaternary nitrogens is 1. The number of carbonyl (C=O) groups is 2. The van der Waals surface area contributed by atoms with Gasteiger partial charge in [0.05, 0.1) is 33.8 Å². The fraction of sp³-hybridized carbons (Fsp3) is 0.833. The molecular formula is C60H114N2O7P+. The zero-order valence-electron chi connectivity index (χ0n) is 46.8. The molecule has 0 saturated heterocycles. The van der Waals surface area contributed by atoms with Gasteiger partial charge in [-0.15, -0.1) is 0 Å². The topological polar surface area (TPSA) is 111 Å². The number of phosphoric ester groups is 1. The van der Waals surface area contributed by atoms with E-state index in [1.165, 1.54) is 154 Å². The van der Waals surface area contributed by atoms with Gasteiger partial charge >= 0.3 is 13.8 Å². The molecule has 10 heteroatoms. The number of phosphoric acid groups is 1. The molecule has 0 rings (SSSR count). The summed E-state index contributed by atoms with van der Waals surface area (Å²) in [5.74, 6) is -0.523. The van der Waals surface area contributed by atoms with Gasteiger partial charge in [-0.05, 0) is 70.3 Å². The van der Waals surface area contributed by atoms with Crippen molar-refractivity contribution in [3.63, 3.8) is 0 Å². The van der Waals surface area contributed by atoms with Crippen LogP contribution in [0.5, 0.6) is 0 Å². The molecule has 0 radical (unpaired) electrons. The summed E-state index contributed by atoms with van der Waals surface area (Å²) in [4.78, 5) is 37.6. The van der Waals surface area contributed by atoms with Crippen LogP contribution in [0.4, 0.5) is 0 Å². The lowest BCUT2D eigenvalue weighted by molar-refractivity contribution is -0.870. The number of allylic oxidation sites excluding steroid dienone is 7. The third-order valence-electron chi connectivity index (χ3n) is 13.0. The molecule has 3 unspecified atom stereocenters. The van der Waals surface area contributed by atoms with Crippen LogP contribution in [0.15, 0.2) is 48.6 Å². The minimum absolute atomic E-state index is 0.0374. The van der Waals surface area contributed by atoms with Gasteiger partial charge < -0.3 is 19.4 Å². The van der Waals surface area contributed by atoms with Crippen molar-refractivity contribution in [2.24, 2.45) is 0 Å². The van der Waals surface area contributed by atoms with E-state index in [1.54, 1.807) is 0 Å². The Kier molecular flexibility index (Phi) is 49.0. The summed E-state index contributed by atoms with van der Waals surface area (Å²) in [7, 11) is 1.49. The second-order valence-corrected chi connectivity index (χ2v) is 22.6. The Morgan fingerprint density at radius 1 is 0.500 bits per heavy atom. The molecule has 9 nitrogen and oxygen atoms in total. The fourth-order valence-corrected chi connectivity index (χ4v) is 9.15. The number of hydrogen-bond acceptors (Lipinski definition) is 6. The highest BCUT2D eigenvalue weighted by Crippen LogP contribution is 2.43. The van der Waals surface area contributed by atoms with Crippen molar-refractivity contribution in [3.8, 4) is 0 Å². The smallest absolute Gasteiger partial charge is 0.456 e. The Balaban J connectivity index is 5.36. The summed E-state index contributed by atoms with van der Waals surface area (Å²) in [6.45, 7) is 6.98. The molecule has 0 aromatic heterocycles. The van der Waals surface area contributed by atoms with Crippen molar-refractivity contribution in [3.05, 3.63) is 48.6 Å². The number of esters is 1. The van der Waals surface area contributed by atoms with E-state index in [2.05, 4.69) is 62.5 Å². The first kappa shape index (κ1) is 68.0. The minimum Gasteiger partial charge on any atom is -0.456 e. The first-order valence-electron chi connectivity index (χ1n) is 29.5. The molecule has 0 aromatic rings. The molecule has 0 fully saturated rings. The van der Waals surface area contributed by atoms with Crippen LogP contribution in [0.1, 0.15) is 271 Å². The number of amides is 1. The average molecular weight is 1010 g/mol. The Bertz CT molecular complexity index is 1340. The molecule has 0 bridgehead atoms. The molecule has 410 valence electrons. The maximum absolute atomic E-state index is 13.5. The number of carbonyl (C=O) groups excluding carboxylic acids is 2. The van der Waals surface area contributed by atoms with Crippen molar-refractivity contribution in [2.75, 3.05) is 40.9 Å². The maximum atomic E-state index is 13.5. The molecule has 3 atom stereocenters. The third kappa shape index (κ3) is 50.9. The van der Waals surface area contributed by atoms with Crippen LogP contribution < -0.4 is 5.32 Å². The summed E-state index contributed by atoms with van der Waals surface area (Å²) in [6, 6.07) is -0.854. The highest BCUT2D eigenvalue weighted by atomic mass is 31.2. The lowest BCUT2D eigenvalue weighted by atomic mass is 10.0. The highest BCUT2D eigenvalue weighted by Gasteiger charge is 2.30. The fourth-order valence-electron chi connectivity index (χ4n) is 8.42. The molecule has 0 aliphatic rings. The predicted molar refractivity (Wildman–Crippen MR) is 300 cm³/mol. The minimum atomic E-state index is -4.45. The van der Waals surface area contributed by atoms with Gasteiger partial charge in [0.15, 0.2) is 0 Å². The van der Waals surface area contributed by atoms with E-state index in [1.807, 2.05) is 33.3 Å². The van der Waals surface area contributed by atoms with Crippen LogP contribution in [0.25, 0.3) is 0 Å². The van der Waals surface area contributed by atoms with Crippen molar-refractivity contribution in [1.29, 1.82) is 0 Å². The van der Waals surface area contributed by atoms with Crippen molar-refractivity contribution in [1.82, 2.24) is 5.32 Å². The van der Waals surface area contributed by atoms with Crippen LogP contribution in [0.2, 0.25) is 0 Å². The van der Waals surface area contributed by atoms with Crippen LogP contribution >= 0.6 is 7.82 Å². The highest BCUT2D eigenvalue weighted by molar-refractivity contribution is 7.47. The molecule has 0 spiro atoms. The monoisotopic (exact) mass is 1010 g/mol. The summed E-state index contributed by atoms with van der Waals surface area (Å²) < 4.78 is 30.6. The molecule has 70 heavy (non-hydrogen) atoms. The molecule has 0 heterocycles. The second kappa shape index (κ2) is 50.5. The molecule has 1 amide bonds. The van der Waals surface area contributed by atoms with Gasteiger partial charge in [-0.2, -0.15) is 0 Å². The second-order valence-electron chi connectivity index (χ2n) is 21.2. The van der Waals surface area contributed by atoms with Gasteiger partial charge in [-0.3, -0.25) is 18.6 Å². The van der Waals surface area contributed by atoms with Crippen LogP contribution in [-0.2, 0) is 27.9 Å². The van der Waals surface area contributed by atoms with E-state index in [0.29, 0.717) is 23.9 Å². The molecule has 0 aliphatic heterocycles. The van der Waals surface area contributed by atoms with Crippen LogP contribution in [0, 0.1) is 0 Å². The third-order valence-corrected chi connectivity index (χ3v) is 14.0. The van der Waals surface area contributed by atoms with Gasteiger partial charge in [0, 0.05) is 12.8 Å². The number of likely N-dealkylation sites (N-methyl/N-ethyl adjacent to an activating group) is 1. The average Bonchev–Trinajstić information content (AvgIpc) is 3.32. The van der Waals surface area contributed by atoms with E-state index < -0.39 is 20.0 Å². The number of nitrogens with zero attached hydrogens (tertiary/aromatic N) is 1. The van der Waals surface area contributed by atoms with E-state index in [9.17, 15) is 19.0 Å². The predicted octanol–water partition coefficient (Wildman–Crippen LogP) is 17.7. The summed E-state index contributed by atoms with van der Waals surface area (Å²) in [5.41, 5.74) is 0. The van der Waals surface area contributed by atoms with Gasteiger partial charge in [0.25, 0.3) is 0 Å². The summed E-state index contributed by atoms with van der Waals surface area (Å²) >= 11 is 0. The van der Waals surface area contributed by atoms with E-state index >= 15 is 0 Å². The van der Waals surface area contributed by atoms with Gasteiger partial charge in [0.1, 0.15) is 19.3 Å². The Hall–Kier alpha value is -2.03. The zero-order chi connectivity index (χ0) is 51.5. The lowest BCUT2D eigenvalue weighted by Crippen LogP contribution is -2.47. The molecule has 0 aromatic carbocycles. The first-order valence-corrected chi connectivity index (χ1v) is 31.0. The number of ether oxygens (including phenoxy) is 1. The molecular weight excluding hydrogens is 892 g/mol. The molecule has 0 aliphatic carbocycles. The largest absolute Gasteiger partial charge is 0.472 e. The van der Waals surface area contributed by atoms with Crippen molar-refractivity contribution >= 4 is 19.7 Å². The Labute approximate surface area is 433 Å². The molecule has 0 saturated carbocycles. The van der Waals surface area contributed by atoms with Crippen molar-refractivity contribution < 1.29 is 37.3 Å². The van der Waals surface area contributed by atoms with E-state index in [-0.39, 0.29) is 31.5 Å². The summed E-state index contributed by atoms with van der Waals surface area (Å²) in [6.07, 6.45) is 61.0. The number of hydrogen-bond donors (Lipinski definition) is 2. The number of rotatable bonds is 53. The van der Waals surface area contributed by atoms with Gasteiger partial charge in [-0.25, -0.2) is 4.57 Å². The van der Waals surface area contributed by atoms with Gasteiger partial charge in [0.2, 0.25) is 5.91 Å². The quantitative estimate of drug-likeness (QED) is 0.0205. The normalized spacial score (nSPS) is 14.1. The number of unbranched alkanes of at least 4 members (excludes halogenated alkanes) is 31. The van der Waals surface area contributed by atoms with Gasteiger partial charge in [-0.1, -0.05) is 237 Å². The Morgan fingerprint density at radius 2 is 0.871 bits per heavy atom. The van der Waals surface area contributed by atoms with Crippen molar-refractivity contribution in [2.45, 2.75) is 283 Å². The summed E-state index contributed by atoms with van der Waals surface area (Å²) in [5, 5.41) is 3.05. The van der Waals surface area contributed by atoms with Crippen LogP contribution in [0.3, 0.4) is 0 Å². The SMILES string of the molecule is CCCCC/C=C\C/C=C\C/C=C\CCCCCCC(=O)OC(/C=C/CCCCCCCCCCCC)C(COP(=O)(O)OCC[N+](C)(C)C)NC(=O)CCCCCCCCCCCCCCCCC. The first-order chi connectivity index (χ1) is 33.9. The zero-order valence-corrected chi connectivity index (χ0v) is 47.7. The van der Waals surface area contributed by atoms with Crippen LogP contribution in [-0.4, -0.2) is 74.3 Å². The maximum Gasteiger partial charge on any atom is 0.472 e. The Morgan fingerprint density at radius 3 is 1.33 bits per heavy atom. The number of nitrogens with one attached hydrogen (secondary N) is 1. The lowest BCUT2D eigenvalue weighted by Gasteiger charge is -2.27. The standard InChI is InChI=1S/C60H113N2O7P/c1-7-10-13-16-19-22-25-28-30-31-33-35-38-41-44-47-50-53-60(64)69-58(51-48-45-42-39-36-27-24-21-18-15-12-9-3)57(56-68-70(65,66)67-55-54-62(4,5)6)61-59(63)52-49-46-43-40-37-34-32-29-26-23-20-17-14-11-8-2/h19,22,28,30,33,35,48,51,57-58H,7-18,20-21,23-27,29,31-32,34,36-47,49-50,52-56H2,1-6H3,(H-,61,63,65,66)/p+1/b22-19-,30-28-,35-33-,51-48+. The molecule has 2 N–H and O–H groups in total.